The molecule has 0 aliphatic rings. The van der Waals surface area contributed by atoms with E-state index >= 15 is 0 Å². The minimum absolute atomic E-state index is 0.380. The van der Waals surface area contributed by atoms with E-state index in [-0.39, 0.29) is 0 Å². The first-order valence-electron chi connectivity index (χ1n) is 5.91. The second-order valence-electron chi connectivity index (χ2n) is 4.35. The van der Waals surface area contributed by atoms with Crippen molar-refractivity contribution in [2.24, 2.45) is 5.84 Å². The first-order valence-corrected chi connectivity index (χ1v) is 6.67. The number of alkyl halides is 3. The Morgan fingerprint density at radius 1 is 0.952 bits per heavy atom. The van der Waals surface area contributed by atoms with E-state index in [2.05, 4.69) is 5.43 Å². The summed E-state index contributed by atoms with van der Waals surface area (Å²) in [7, 11) is 0. The standard InChI is InChI=1S/C14H11Cl2F3N2/c15-10-2-1-3-11(16)12(10)13(21-20)8-4-6-9(7-5-8)14(17,18)19/h1-7,13,21H,20H2. The molecule has 0 amide bonds. The van der Waals surface area contributed by atoms with Crippen molar-refractivity contribution in [1.29, 1.82) is 0 Å². The van der Waals surface area contributed by atoms with Crippen LogP contribution in [-0.4, -0.2) is 0 Å². The van der Waals surface area contributed by atoms with Crippen molar-refractivity contribution in [2.45, 2.75) is 12.2 Å². The normalized spacial score (nSPS) is 13.2. The van der Waals surface area contributed by atoms with Crippen LogP contribution in [0.4, 0.5) is 13.2 Å². The minimum Gasteiger partial charge on any atom is -0.271 e. The fraction of sp³-hybridized carbons (Fsp3) is 0.143. The first-order chi connectivity index (χ1) is 9.84. The zero-order chi connectivity index (χ0) is 15.6. The highest BCUT2D eigenvalue weighted by molar-refractivity contribution is 6.36. The largest absolute Gasteiger partial charge is 0.416 e. The van der Waals surface area contributed by atoms with E-state index < -0.39 is 17.8 Å². The molecule has 2 nitrogen and oxygen atoms in total. The van der Waals surface area contributed by atoms with E-state index in [1.54, 1.807) is 18.2 Å². The van der Waals surface area contributed by atoms with Gasteiger partial charge in [-0.25, -0.2) is 5.43 Å². The quantitative estimate of drug-likeness (QED) is 0.637. The van der Waals surface area contributed by atoms with Gasteiger partial charge in [0.15, 0.2) is 0 Å². The molecule has 0 saturated heterocycles. The molecule has 7 heteroatoms. The van der Waals surface area contributed by atoms with E-state index in [1.807, 2.05) is 0 Å². The summed E-state index contributed by atoms with van der Waals surface area (Å²) in [5.74, 6) is 5.51. The van der Waals surface area contributed by atoms with Crippen LogP contribution in [0.3, 0.4) is 0 Å². The highest BCUT2D eigenvalue weighted by Gasteiger charge is 2.30. The van der Waals surface area contributed by atoms with Gasteiger partial charge in [-0.15, -0.1) is 0 Å². The molecule has 0 fully saturated rings. The summed E-state index contributed by atoms with van der Waals surface area (Å²) >= 11 is 12.2. The van der Waals surface area contributed by atoms with Crippen LogP contribution in [0.5, 0.6) is 0 Å². The molecule has 0 radical (unpaired) electrons. The lowest BCUT2D eigenvalue weighted by molar-refractivity contribution is -0.137. The number of halogens is 5. The number of hydrogen-bond donors (Lipinski definition) is 2. The molecule has 1 atom stereocenters. The van der Waals surface area contributed by atoms with Gasteiger partial charge in [-0.3, -0.25) is 5.84 Å². The smallest absolute Gasteiger partial charge is 0.271 e. The van der Waals surface area contributed by atoms with E-state index in [0.717, 1.165) is 12.1 Å². The Labute approximate surface area is 129 Å². The molecule has 21 heavy (non-hydrogen) atoms. The Morgan fingerprint density at radius 2 is 1.48 bits per heavy atom. The highest BCUT2D eigenvalue weighted by atomic mass is 35.5. The number of hydrazine groups is 1. The lowest BCUT2D eigenvalue weighted by Gasteiger charge is -2.20. The van der Waals surface area contributed by atoms with Crippen molar-refractivity contribution in [3.8, 4) is 0 Å². The minimum atomic E-state index is -4.38. The summed E-state index contributed by atoms with van der Waals surface area (Å²) in [4.78, 5) is 0. The zero-order valence-corrected chi connectivity index (χ0v) is 12.1. The molecule has 0 heterocycles. The Hall–Kier alpha value is -1.27. The van der Waals surface area contributed by atoms with E-state index in [9.17, 15) is 13.2 Å². The highest BCUT2D eigenvalue weighted by Crippen LogP contribution is 2.35. The van der Waals surface area contributed by atoms with Crippen molar-refractivity contribution >= 4 is 23.2 Å². The van der Waals surface area contributed by atoms with Gasteiger partial charge in [0.25, 0.3) is 0 Å². The monoisotopic (exact) mass is 334 g/mol. The average Bonchev–Trinajstić information content (AvgIpc) is 2.42. The molecule has 0 aliphatic heterocycles. The first kappa shape index (κ1) is 16.1. The Balaban J connectivity index is 2.43. The van der Waals surface area contributed by atoms with Crippen LogP contribution in [-0.2, 0) is 6.18 Å². The molecular formula is C14H11Cl2F3N2. The maximum atomic E-state index is 12.6. The molecule has 0 spiro atoms. The fourth-order valence-corrected chi connectivity index (χ4v) is 2.61. The molecule has 2 rings (SSSR count). The maximum absolute atomic E-state index is 12.6. The summed E-state index contributed by atoms with van der Waals surface area (Å²) < 4.78 is 37.7. The molecule has 112 valence electrons. The maximum Gasteiger partial charge on any atom is 0.416 e. The van der Waals surface area contributed by atoms with Crippen LogP contribution in [0.15, 0.2) is 42.5 Å². The molecule has 2 aromatic rings. The summed E-state index contributed by atoms with van der Waals surface area (Å²) in [6.07, 6.45) is -4.38. The van der Waals surface area contributed by atoms with Gasteiger partial charge in [0, 0.05) is 15.6 Å². The van der Waals surface area contributed by atoms with E-state index in [0.29, 0.717) is 21.2 Å². The van der Waals surface area contributed by atoms with Crippen LogP contribution in [0, 0.1) is 0 Å². The van der Waals surface area contributed by atoms with Crippen LogP contribution in [0.2, 0.25) is 10.0 Å². The zero-order valence-electron chi connectivity index (χ0n) is 10.6. The Morgan fingerprint density at radius 3 is 1.90 bits per heavy atom. The number of hydrogen-bond acceptors (Lipinski definition) is 2. The molecular weight excluding hydrogens is 324 g/mol. The summed E-state index contributed by atoms with van der Waals surface area (Å²) in [5, 5.41) is 0.760. The molecule has 3 N–H and O–H groups in total. The van der Waals surface area contributed by atoms with Crippen molar-refractivity contribution in [2.75, 3.05) is 0 Å². The second-order valence-corrected chi connectivity index (χ2v) is 5.17. The third-order valence-electron chi connectivity index (χ3n) is 3.03. The van der Waals surface area contributed by atoms with Crippen LogP contribution >= 0.6 is 23.2 Å². The Kier molecular flexibility index (Phi) is 4.78. The number of nitrogens with two attached hydrogens (primary N) is 1. The molecule has 0 aromatic heterocycles. The molecule has 0 bridgehead atoms. The molecule has 0 saturated carbocycles. The molecule has 0 aliphatic carbocycles. The van der Waals surface area contributed by atoms with Gasteiger partial charge in [0.2, 0.25) is 0 Å². The fourth-order valence-electron chi connectivity index (χ4n) is 2.00. The van der Waals surface area contributed by atoms with Crippen molar-refractivity contribution < 1.29 is 13.2 Å². The van der Waals surface area contributed by atoms with E-state index in [1.165, 1.54) is 12.1 Å². The van der Waals surface area contributed by atoms with Gasteiger partial charge in [-0.05, 0) is 29.8 Å². The van der Waals surface area contributed by atoms with Crippen molar-refractivity contribution in [1.82, 2.24) is 5.43 Å². The third kappa shape index (κ3) is 3.49. The lowest BCUT2D eigenvalue weighted by Crippen LogP contribution is -2.29. The van der Waals surface area contributed by atoms with Crippen molar-refractivity contribution in [3.05, 3.63) is 69.2 Å². The SMILES string of the molecule is NNC(c1ccc(C(F)(F)F)cc1)c1c(Cl)cccc1Cl. The average molecular weight is 335 g/mol. The number of rotatable bonds is 3. The predicted molar refractivity (Wildman–Crippen MR) is 77.1 cm³/mol. The van der Waals surface area contributed by atoms with Crippen LogP contribution in [0.1, 0.15) is 22.7 Å². The second kappa shape index (κ2) is 6.23. The van der Waals surface area contributed by atoms with Gasteiger partial charge < -0.3 is 0 Å². The Bertz CT molecular complexity index is 607. The van der Waals surface area contributed by atoms with Crippen LogP contribution in [0.25, 0.3) is 0 Å². The van der Waals surface area contributed by atoms with Crippen molar-refractivity contribution in [3.63, 3.8) is 0 Å². The molecule has 2 aromatic carbocycles. The van der Waals surface area contributed by atoms with Crippen LogP contribution < -0.4 is 11.3 Å². The van der Waals surface area contributed by atoms with Gasteiger partial charge in [0.05, 0.1) is 11.6 Å². The van der Waals surface area contributed by atoms with Gasteiger partial charge in [-0.2, -0.15) is 13.2 Å². The predicted octanol–water partition coefficient (Wildman–Crippen LogP) is 4.56. The lowest BCUT2D eigenvalue weighted by atomic mass is 9.98. The molecule has 1 unspecified atom stereocenters. The van der Waals surface area contributed by atoms with Gasteiger partial charge >= 0.3 is 6.18 Å². The van der Waals surface area contributed by atoms with Gasteiger partial charge in [-0.1, -0.05) is 41.4 Å². The summed E-state index contributed by atoms with van der Waals surface area (Å²) in [6, 6.07) is 9.01. The topological polar surface area (TPSA) is 38.0 Å². The summed E-state index contributed by atoms with van der Waals surface area (Å²) in [6.45, 7) is 0. The van der Waals surface area contributed by atoms with E-state index in [4.69, 9.17) is 29.0 Å². The third-order valence-corrected chi connectivity index (χ3v) is 3.69. The summed E-state index contributed by atoms with van der Waals surface area (Å²) in [5.41, 5.74) is 2.84. The van der Waals surface area contributed by atoms with Gasteiger partial charge in [0.1, 0.15) is 0 Å². The number of benzene rings is 2. The number of nitrogens with one attached hydrogen (secondary N) is 1.